The summed E-state index contributed by atoms with van der Waals surface area (Å²) < 4.78 is 26.8. The number of hydrogen-bond acceptors (Lipinski definition) is 4. The molecule has 1 unspecified atom stereocenters. The lowest BCUT2D eigenvalue weighted by atomic mass is 10.2. The summed E-state index contributed by atoms with van der Waals surface area (Å²) in [4.78, 5) is 1.41. The van der Waals surface area contributed by atoms with Crippen molar-refractivity contribution in [2.24, 2.45) is 11.7 Å². The zero-order valence-corrected chi connectivity index (χ0v) is 13.9. The molecule has 4 nitrogen and oxygen atoms in total. The van der Waals surface area contributed by atoms with Gasteiger partial charge in [-0.15, -0.1) is 11.3 Å². The molecule has 1 aromatic rings. The lowest BCUT2D eigenvalue weighted by molar-refractivity contribution is 0.406. The Balaban J connectivity index is 2.98. The molecule has 19 heavy (non-hydrogen) atoms. The van der Waals surface area contributed by atoms with Crippen LogP contribution in [0.25, 0.3) is 0 Å². The van der Waals surface area contributed by atoms with E-state index < -0.39 is 10.0 Å². The number of rotatable bonds is 7. The molecule has 0 amide bonds. The van der Waals surface area contributed by atoms with Crippen LogP contribution in [0.5, 0.6) is 0 Å². The SMILES string of the molecule is CCc1ccc(S(=O)(=O)N(CC)CC(C)C(N)=S)s1. The van der Waals surface area contributed by atoms with Gasteiger partial charge < -0.3 is 5.73 Å². The maximum absolute atomic E-state index is 12.5. The van der Waals surface area contributed by atoms with Crippen molar-refractivity contribution in [2.75, 3.05) is 13.1 Å². The second-order valence-electron chi connectivity index (χ2n) is 4.33. The Morgan fingerprint density at radius 2 is 2.11 bits per heavy atom. The van der Waals surface area contributed by atoms with E-state index in [1.165, 1.54) is 15.6 Å². The highest BCUT2D eigenvalue weighted by molar-refractivity contribution is 7.91. The summed E-state index contributed by atoms with van der Waals surface area (Å²) in [5.74, 6) is -0.129. The summed E-state index contributed by atoms with van der Waals surface area (Å²) in [6, 6.07) is 3.54. The van der Waals surface area contributed by atoms with Crippen LogP contribution in [0.15, 0.2) is 16.3 Å². The number of hydrogen-bond donors (Lipinski definition) is 1. The first-order chi connectivity index (χ1) is 8.82. The van der Waals surface area contributed by atoms with Crippen LogP contribution in [0.2, 0.25) is 0 Å². The van der Waals surface area contributed by atoms with E-state index in [1.807, 2.05) is 26.8 Å². The summed E-state index contributed by atoms with van der Waals surface area (Å²) in [7, 11) is -3.43. The highest BCUT2D eigenvalue weighted by atomic mass is 32.2. The molecule has 1 atom stereocenters. The third kappa shape index (κ3) is 3.98. The van der Waals surface area contributed by atoms with Crippen LogP contribution in [-0.4, -0.2) is 30.8 Å². The number of nitrogens with two attached hydrogens (primary N) is 1. The Labute approximate surface area is 124 Å². The first-order valence-corrected chi connectivity index (χ1v) is 8.87. The van der Waals surface area contributed by atoms with Crippen LogP contribution in [0.4, 0.5) is 0 Å². The molecule has 0 aliphatic carbocycles. The standard InChI is InChI=1S/C12H20N2O2S3/c1-4-10-6-7-11(18-10)19(15,16)14(5-2)8-9(3)12(13)17/h6-7,9H,4-5,8H2,1-3H3,(H2,13,17). The molecule has 0 saturated heterocycles. The normalized spacial score (nSPS) is 13.7. The second-order valence-corrected chi connectivity index (χ2v) is 8.14. The first-order valence-electron chi connectivity index (χ1n) is 6.21. The number of nitrogens with zero attached hydrogens (tertiary/aromatic N) is 1. The smallest absolute Gasteiger partial charge is 0.252 e. The van der Waals surface area contributed by atoms with Crippen molar-refractivity contribution in [3.63, 3.8) is 0 Å². The fourth-order valence-electron chi connectivity index (χ4n) is 1.61. The molecule has 2 N–H and O–H groups in total. The molecule has 0 bridgehead atoms. The van der Waals surface area contributed by atoms with Crippen molar-refractivity contribution in [1.82, 2.24) is 4.31 Å². The molecule has 1 rings (SSSR count). The van der Waals surface area contributed by atoms with Gasteiger partial charge in [0.05, 0.1) is 4.99 Å². The molecule has 0 aliphatic heterocycles. The average molecular weight is 321 g/mol. The average Bonchev–Trinajstić information content (AvgIpc) is 2.84. The number of thiophene rings is 1. The maximum Gasteiger partial charge on any atom is 0.252 e. The first kappa shape index (κ1) is 16.6. The molecule has 1 heterocycles. The second kappa shape index (κ2) is 6.78. The lowest BCUT2D eigenvalue weighted by Crippen LogP contribution is -2.37. The summed E-state index contributed by atoms with van der Waals surface area (Å²) in [6.07, 6.45) is 0.843. The van der Waals surface area contributed by atoms with Gasteiger partial charge in [0.25, 0.3) is 10.0 Å². The van der Waals surface area contributed by atoms with Crippen molar-refractivity contribution in [3.8, 4) is 0 Å². The van der Waals surface area contributed by atoms with Crippen LogP contribution in [0.3, 0.4) is 0 Å². The van der Waals surface area contributed by atoms with E-state index in [2.05, 4.69) is 0 Å². The van der Waals surface area contributed by atoms with Gasteiger partial charge in [-0.05, 0) is 18.6 Å². The van der Waals surface area contributed by atoms with Crippen molar-refractivity contribution in [2.45, 2.75) is 31.4 Å². The Bertz CT molecular complexity index is 537. The molecular formula is C12H20N2O2S3. The van der Waals surface area contributed by atoms with Crippen LogP contribution in [0, 0.1) is 5.92 Å². The van der Waals surface area contributed by atoms with E-state index in [-0.39, 0.29) is 5.92 Å². The van der Waals surface area contributed by atoms with Gasteiger partial charge in [0.2, 0.25) is 0 Å². The van der Waals surface area contributed by atoms with Gasteiger partial charge in [0, 0.05) is 23.9 Å². The highest BCUT2D eigenvalue weighted by Gasteiger charge is 2.26. The van der Waals surface area contributed by atoms with Crippen molar-refractivity contribution >= 4 is 38.6 Å². The maximum atomic E-state index is 12.5. The van der Waals surface area contributed by atoms with Gasteiger partial charge in [0.15, 0.2) is 0 Å². The number of sulfonamides is 1. The number of aryl methyl sites for hydroxylation is 1. The van der Waals surface area contributed by atoms with E-state index in [4.69, 9.17) is 18.0 Å². The van der Waals surface area contributed by atoms with E-state index in [0.717, 1.165) is 11.3 Å². The lowest BCUT2D eigenvalue weighted by Gasteiger charge is -2.22. The summed E-state index contributed by atoms with van der Waals surface area (Å²) in [5, 5.41) is 0. The molecule has 0 aromatic carbocycles. The van der Waals surface area contributed by atoms with E-state index in [1.54, 1.807) is 6.07 Å². The Morgan fingerprint density at radius 1 is 1.47 bits per heavy atom. The van der Waals surface area contributed by atoms with E-state index >= 15 is 0 Å². The predicted molar refractivity (Wildman–Crippen MR) is 84.1 cm³/mol. The Hall–Kier alpha value is -0.500. The van der Waals surface area contributed by atoms with Gasteiger partial charge in [-0.25, -0.2) is 8.42 Å². The van der Waals surface area contributed by atoms with Crippen LogP contribution >= 0.6 is 23.6 Å². The van der Waals surface area contributed by atoms with Gasteiger partial charge in [0.1, 0.15) is 4.21 Å². The molecule has 0 radical (unpaired) electrons. The summed E-state index contributed by atoms with van der Waals surface area (Å²) >= 11 is 6.23. The Kier molecular flexibility index (Phi) is 5.91. The van der Waals surface area contributed by atoms with E-state index in [0.29, 0.717) is 22.3 Å². The monoisotopic (exact) mass is 320 g/mol. The van der Waals surface area contributed by atoms with Gasteiger partial charge >= 0.3 is 0 Å². The highest BCUT2D eigenvalue weighted by Crippen LogP contribution is 2.25. The minimum absolute atomic E-state index is 0.129. The predicted octanol–water partition coefficient (Wildman–Crippen LogP) is 2.24. The molecule has 0 saturated carbocycles. The van der Waals surface area contributed by atoms with Gasteiger partial charge in [-0.1, -0.05) is 33.0 Å². The van der Waals surface area contributed by atoms with E-state index in [9.17, 15) is 8.42 Å². The minimum Gasteiger partial charge on any atom is -0.393 e. The van der Waals surface area contributed by atoms with Gasteiger partial charge in [-0.3, -0.25) is 0 Å². The zero-order chi connectivity index (χ0) is 14.6. The Morgan fingerprint density at radius 3 is 2.53 bits per heavy atom. The summed E-state index contributed by atoms with van der Waals surface area (Å²) in [6.45, 7) is 6.40. The van der Waals surface area contributed by atoms with Crippen molar-refractivity contribution in [1.29, 1.82) is 0 Å². The van der Waals surface area contributed by atoms with Crippen LogP contribution in [-0.2, 0) is 16.4 Å². The number of thiocarbonyl (C=S) groups is 1. The molecule has 0 spiro atoms. The summed E-state index contributed by atoms with van der Waals surface area (Å²) in [5.41, 5.74) is 5.56. The molecule has 1 aromatic heterocycles. The molecule has 7 heteroatoms. The van der Waals surface area contributed by atoms with Crippen LogP contribution < -0.4 is 5.73 Å². The third-order valence-electron chi connectivity index (χ3n) is 2.90. The van der Waals surface area contributed by atoms with Gasteiger partial charge in [-0.2, -0.15) is 4.31 Å². The van der Waals surface area contributed by atoms with Crippen LogP contribution in [0.1, 0.15) is 25.6 Å². The minimum atomic E-state index is -3.43. The molecule has 0 aliphatic rings. The zero-order valence-electron chi connectivity index (χ0n) is 11.4. The molecule has 108 valence electrons. The fourth-order valence-corrected chi connectivity index (χ4v) is 4.67. The third-order valence-corrected chi connectivity index (χ3v) is 6.94. The topological polar surface area (TPSA) is 63.4 Å². The van der Waals surface area contributed by atoms with Crippen molar-refractivity contribution < 1.29 is 8.42 Å². The molecule has 0 fully saturated rings. The molecular weight excluding hydrogens is 300 g/mol. The fraction of sp³-hybridized carbons (Fsp3) is 0.583. The van der Waals surface area contributed by atoms with Crippen molar-refractivity contribution in [3.05, 3.63) is 17.0 Å². The largest absolute Gasteiger partial charge is 0.393 e. The quantitative estimate of drug-likeness (QED) is 0.783.